The lowest BCUT2D eigenvalue weighted by molar-refractivity contribution is -0.137. The number of aromatic nitrogens is 2. The fourth-order valence-corrected chi connectivity index (χ4v) is 3.50. The van der Waals surface area contributed by atoms with Gasteiger partial charge in [0.25, 0.3) is 0 Å². The van der Waals surface area contributed by atoms with Crippen molar-refractivity contribution in [3.8, 4) is 0 Å². The molecule has 0 aliphatic rings. The number of amides is 1. The van der Waals surface area contributed by atoms with Crippen LogP contribution >= 0.6 is 11.8 Å². The monoisotopic (exact) mass is 415 g/mol. The molecule has 0 saturated carbocycles. The molecule has 1 N–H and O–H groups in total. The fourth-order valence-electron chi connectivity index (χ4n) is 2.58. The van der Waals surface area contributed by atoms with E-state index in [2.05, 4.69) is 10.3 Å². The molecule has 0 bridgehead atoms. The Morgan fingerprint density at radius 1 is 1.11 bits per heavy atom. The number of benzene rings is 2. The topological polar surface area (TPSA) is 46.9 Å². The molecule has 1 unspecified atom stereocenters. The zero-order valence-corrected chi connectivity index (χ0v) is 15.2. The molecule has 0 saturated heterocycles. The number of hydrogen-bond acceptors (Lipinski definition) is 3. The van der Waals surface area contributed by atoms with E-state index >= 15 is 0 Å². The van der Waals surface area contributed by atoms with E-state index in [1.54, 1.807) is 18.2 Å². The zero-order chi connectivity index (χ0) is 20.5. The molecule has 1 amide bonds. The highest BCUT2D eigenvalue weighted by molar-refractivity contribution is 8.00. The van der Waals surface area contributed by atoms with Gasteiger partial charge in [-0.15, -0.1) is 0 Å². The standard InChI is InChI=1S/C18H14F5N3OS/c1-10(15(27)24-12-7-3-2-6-11(12)18(21,22)23)28-17-25-13-8-4-5-9-14(13)26(17)16(19)20/h2-10,16H,1H3,(H,24,27). The SMILES string of the molecule is CC(Sc1nc2ccccc2n1C(F)F)C(=O)Nc1ccccc1C(F)(F)F. The molecule has 3 rings (SSSR count). The number of anilines is 1. The van der Waals surface area contributed by atoms with E-state index in [0.29, 0.717) is 10.1 Å². The number of para-hydroxylation sites is 3. The quantitative estimate of drug-likeness (QED) is 0.438. The Morgan fingerprint density at radius 3 is 2.43 bits per heavy atom. The van der Waals surface area contributed by atoms with Gasteiger partial charge in [-0.2, -0.15) is 22.0 Å². The van der Waals surface area contributed by atoms with E-state index < -0.39 is 35.1 Å². The second kappa shape index (κ2) is 7.78. The molecule has 0 fully saturated rings. The molecule has 1 atom stereocenters. The van der Waals surface area contributed by atoms with Crippen LogP contribution in [0.15, 0.2) is 53.7 Å². The van der Waals surface area contributed by atoms with Crippen LogP contribution in [0.5, 0.6) is 0 Å². The zero-order valence-electron chi connectivity index (χ0n) is 14.4. The highest BCUT2D eigenvalue weighted by Crippen LogP contribution is 2.36. The van der Waals surface area contributed by atoms with Gasteiger partial charge in [0.15, 0.2) is 5.16 Å². The smallest absolute Gasteiger partial charge is 0.325 e. The summed E-state index contributed by atoms with van der Waals surface area (Å²) in [5.41, 5.74) is -0.842. The van der Waals surface area contributed by atoms with Gasteiger partial charge in [0, 0.05) is 0 Å². The first-order valence-electron chi connectivity index (χ1n) is 8.07. The molecule has 1 aromatic heterocycles. The van der Waals surface area contributed by atoms with Gasteiger partial charge in [-0.1, -0.05) is 36.0 Å². The maximum absolute atomic E-state index is 13.5. The maximum atomic E-state index is 13.5. The normalized spacial score (nSPS) is 13.1. The lowest BCUT2D eigenvalue weighted by atomic mass is 10.1. The minimum atomic E-state index is -4.64. The Morgan fingerprint density at radius 2 is 1.75 bits per heavy atom. The number of carbonyl (C=O) groups excluding carboxylic acids is 1. The summed E-state index contributed by atoms with van der Waals surface area (Å²) in [5.74, 6) is -0.755. The maximum Gasteiger partial charge on any atom is 0.418 e. The summed E-state index contributed by atoms with van der Waals surface area (Å²) >= 11 is 0.744. The van der Waals surface area contributed by atoms with Gasteiger partial charge in [-0.3, -0.25) is 9.36 Å². The summed E-state index contributed by atoms with van der Waals surface area (Å²) in [5, 5.41) is 1.16. The lowest BCUT2D eigenvalue weighted by Crippen LogP contribution is -2.24. The van der Waals surface area contributed by atoms with Gasteiger partial charge in [0.1, 0.15) is 0 Å². The molecule has 2 aromatic carbocycles. The Balaban J connectivity index is 1.83. The summed E-state index contributed by atoms with van der Waals surface area (Å²) in [6.07, 6.45) is -4.64. The number of halogens is 5. The van der Waals surface area contributed by atoms with E-state index in [0.717, 1.165) is 23.9 Å². The number of nitrogens with one attached hydrogen (secondary N) is 1. The first-order valence-corrected chi connectivity index (χ1v) is 8.95. The molecular weight excluding hydrogens is 401 g/mol. The van der Waals surface area contributed by atoms with Gasteiger partial charge in [-0.05, 0) is 31.2 Å². The van der Waals surface area contributed by atoms with E-state index in [-0.39, 0.29) is 10.7 Å². The number of imidazole rings is 1. The summed E-state index contributed by atoms with van der Waals surface area (Å²) in [6.45, 7) is -1.47. The molecule has 4 nitrogen and oxygen atoms in total. The Bertz CT molecular complexity index is 1000. The molecule has 1 heterocycles. The molecule has 0 aliphatic heterocycles. The number of thioether (sulfide) groups is 1. The highest BCUT2D eigenvalue weighted by atomic mass is 32.2. The van der Waals surface area contributed by atoms with Crippen molar-refractivity contribution in [2.24, 2.45) is 0 Å². The minimum Gasteiger partial charge on any atom is -0.325 e. The van der Waals surface area contributed by atoms with E-state index in [1.165, 1.54) is 25.1 Å². The van der Waals surface area contributed by atoms with Crippen LogP contribution in [0, 0.1) is 0 Å². The molecule has 0 spiro atoms. The summed E-state index contributed by atoms with van der Waals surface area (Å²) in [4.78, 5) is 16.5. The van der Waals surface area contributed by atoms with Gasteiger partial charge in [-0.25, -0.2) is 4.98 Å². The van der Waals surface area contributed by atoms with Crippen LogP contribution in [-0.2, 0) is 11.0 Å². The predicted molar refractivity (Wildman–Crippen MR) is 96.4 cm³/mol. The second-order valence-electron chi connectivity index (χ2n) is 5.82. The number of rotatable bonds is 5. The predicted octanol–water partition coefficient (Wildman–Crippen LogP) is 5.57. The Hall–Kier alpha value is -2.62. The third kappa shape index (κ3) is 4.11. The first-order chi connectivity index (χ1) is 13.2. The summed E-state index contributed by atoms with van der Waals surface area (Å²) in [7, 11) is 0. The number of fused-ring (bicyclic) bond motifs is 1. The second-order valence-corrected chi connectivity index (χ2v) is 7.13. The Kier molecular flexibility index (Phi) is 5.59. The Labute approximate surface area is 160 Å². The van der Waals surface area contributed by atoms with E-state index in [9.17, 15) is 26.7 Å². The average molecular weight is 415 g/mol. The van der Waals surface area contributed by atoms with Crippen LogP contribution in [0.2, 0.25) is 0 Å². The van der Waals surface area contributed by atoms with Crippen molar-refractivity contribution in [1.82, 2.24) is 9.55 Å². The molecular formula is C18H14F5N3OS. The van der Waals surface area contributed by atoms with Crippen LogP contribution < -0.4 is 5.32 Å². The van der Waals surface area contributed by atoms with Gasteiger partial charge in [0.05, 0.1) is 27.5 Å². The van der Waals surface area contributed by atoms with E-state index in [1.807, 2.05) is 0 Å². The largest absolute Gasteiger partial charge is 0.418 e. The van der Waals surface area contributed by atoms with Crippen molar-refractivity contribution in [3.63, 3.8) is 0 Å². The van der Waals surface area contributed by atoms with Crippen molar-refractivity contribution in [3.05, 3.63) is 54.1 Å². The summed E-state index contributed by atoms with van der Waals surface area (Å²) in [6, 6.07) is 10.8. The highest BCUT2D eigenvalue weighted by Gasteiger charge is 2.34. The van der Waals surface area contributed by atoms with Gasteiger partial charge < -0.3 is 5.32 Å². The molecule has 28 heavy (non-hydrogen) atoms. The van der Waals surface area contributed by atoms with Crippen molar-refractivity contribution in [1.29, 1.82) is 0 Å². The number of carbonyl (C=O) groups is 1. The van der Waals surface area contributed by atoms with Crippen LogP contribution in [0.4, 0.5) is 27.6 Å². The molecule has 10 heteroatoms. The van der Waals surface area contributed by atoms with Gasteiger partial charge in [0.2, 0.25) is 5.91 Å². The van der Waals surface area contributed by atoms with Crippen LogP contribution in [-0.4, -0.2) is 20.7 Å². The molecule has 3 aromatic rings. The molecule has 0 radical (unpaired) electrons. The van der Waals surface area contributed by atoms with Crippen molar-refractivity contribution in [2.75, 3.05) is 5.32 Å². The van der Waals surface area contributed by atoms with Crippen molar-refractivity contribution < 1.29 is 26.7 Å². The fraction of sp³-hybridized carbons (Fsp3) is 0.222. The van der Waals surface area contributed by atoms with Crippen LogP contribution in [0.1, 0.15) is 19.0 Å². The van der Waals surface area contributed by atoms with Crippen molar-refractivity contribution in [2.45, 2.75) is 30.1 Å². The number of hydrogen-bond donors (Lipinski definition) is 1. The third-order valence-corrected chi connectivity index (χ3v) is 4.97. The third-order valence-electron chi connectivity index (χ3n) is 3.90. The number of alkyl halides is 5. The molecule has 148 valence electrons. The first kappa shape index (κ1) is 20.1. The van der Waals surface area contributed by atoms with Crippen LogP contribution in [0.3, 0.4) is 0 Å². The number of nitrogens with zero attached hydrogens (tertiary/aromatic N) is 2. The average Bonchev–Trinajstić information content (AvgIpc) is 2.99. The van der Waals surface area contributed by atoms with Crippen LogP contribution in [0.25, 0.3) is 11.0 Å². The van der Waals surface area contributed by atoms with Gasteiger partial charge >= 0.3 is 12.7 Å². The minimum absolute atomic E-state index is 0.0945. The summed E-state index contributed by atoms with van der Waals surface area (Å²) < 4.78 is 66.8. The molecule has 0 aliphatic carbocycles. The van der Waals surface area contributed by atoms with Crippen molar-refractivity contribution >= 4 is 34.4 Å². The van der Waals surface area contributed by atoms with E-state index in [4.69, 9.17) is 0 Å². The lowest BCUT2D eigenvalue weighted by Gasteiger charge is -2.16.